The van der Waals surface area contributed by atoms with E-state index in [1.54, 1.807) is 0 Å². The molecule has 1 aromatic rings. The molecule has 2 bridgehead atoms. The number of carbonyl (C=O) groups is 1. The number of ketones is 1. The van der Waals surface area contributed by atoms with Crippen LogP contribution in [0.2, 0.25) is 0 Å². The van der Waals surface area contributed by atoms with Gasteiger partial charge in [0.2, 0.25) is 0 Å². The largest absolute Gasteiger partial charge is 0.294 e. The molecule has 1 fully saturated rings. The number of hydrogen-bond donors (Lipinski definition) is 0. The Morgan fingerprint density at radius 2 is 2.20 bits per heavy atom. The predicted octanol–water partition coefficient (Wildman–Crippen LogP) is 4.35. The summed E-state index contributed by atoms with van der Waals surface area (Å²) < 4.78 is 0. The maximum absolute atomic E-state index is 13.2. The topological polar surface area (TPSA) is 17.1 Å². The normalized spacial score (nSPS) is 34.0. The summed E-state index contributed by atoms with van der Waals surface area (Å²) in [5.74, 6) is 1.64. The molecule has 1 nitrogen and oxygen atoms in total. The summed E-state index contributed by atoms with van der Waals surface area (Å²) in [6, 6.07) is 6.61. The molecule has 3 aliphatic rings. The summed E-state index contributed by atoms with van der Waals surface area (Å²) in [5, 5.41) is 0. The Morgan fingerprint density at radius 3 is 2.90 bits per heavy atom. The van der Waals surface area contributed by atoms with Crippen molar-refractivity contribution in [3.63, 3.8) is 0 Å². The molecular weight excluding hydrogens is 244 g/mol. The van der Waals surface area contributed by atoms with Gasteiger partial charge in [-0.05, 0) is 61.1 Å². The molecular formula is C19H22O. The first-order chi connectivity index (χ1) is 9.73. The van der Waals surface area contributed by atoms with Crippen molar-refractivity contribution < 1.29 is 4.79 Å². The maximum atomic E-state index is 13.2. The monoisotopic (exact) mass is 266 g/mol. The molecule has 1 spiro atoms. The van der Waals surface area contributed by atoms with Gasteiger partial charge in [-0.25, -0.2) is 0 Å². The fourth-order valence-corrected chi connectivity index (χ4v) is 4.74. The van der Waals surface area contributed by atoms with Gasteiger partial charge in [0.25, 0.3) is 0 Å². The molecule has 3 aliphatic carbocycles. The Morgan fingerprint density at radius 1 is 1.30 bits per heavy atom. The first kappa shape index (κ1) is 12.4. The number of hydrogen-bond acceptors (Lipinski definition) is 1. The Kier molecular flexibility index (Phi) is 2.67. The first-order valence-corrected chi connectivity index (χ1v) is 8.08. The third-order valence-electron chi connectivity index (χ3n) is 5.76. The Bertz CT molecular complexity index is 598. The zero-order valence-electron chi connectivity index (χ0n) is 12.2. The highest BCUT2D eigenvalue weighted by molar-refractivity contribution is 6.03. The fourth-order valence-electron chi connectivity index (χ4n) is 4.74. The lowest BCUT2D eigenvalue weighted by Gasteiger charge is -2.38. The molecule has 3 atom stereocenters. The van der Waals surface area contributed by atoms with Crippen LogP contribution in [0.3, 0.4) is 0 Å². The second-order valence-electron chi connectivity index (χ2n) is 6.92. The Labute approximate surface area is 121 Å². The molecule has 0 N–H and O–H groups in total. The number of benzene rings is 1. The van der Waals surface area contributed by atoms with Crippen molar-refractivity contribution in [1.29, 1.82) is 0 Å². The van der Waals surface area contributed by atoms with E-state index in [-0.39, 0.29) is 5.41 Å². The molecule has 3 unspecified atom stereocenters. The number of Topliss-reactive ketones (excluding diaryl/α,β-unsaturated/α-hetero) is 1. The van der Waals surface area contributed by atoms with E-state index in [0.29, 0.717) is 17.6 Å². The fraction of sp³-hybridized carbons (Fsp3) is 0.526. The number of carbonyl (C=O) groups excluding carboxylic acids is 1. The van der Waals surface area contributed by atoms with Gasteiger partial charge in [-0.15, -0.1) is 0 Å². The van der Waals surface area contributed by atoms with Gasteiger partial charge in [-0.2, -0.15) is 0 Å². The van der Waals surface area contributed by atoms with Crippen molar-refractivity contribution in [2.75, 3.05) is 0 Å². The molecule has 0 amide bonds. The lowest BCUT2D eigenvalue weighted by Crippen LogP contribution is -2.39. The van der Waals surface area contributed by atoms with Gasteiger partial charge in [0.1, 0.15) is 0 Å². The summed E-state index contributed by atoms with van der Waals surface area (Å²) >= 11 is 0. The lowest BCUT2D eigenvalue weighted by molar-refractivity contribution is 0.0702. The van der Waals surface area contributed by atoms with E-state index in [4.69, 9.17) is 0 Å². The Hall–Kier alpha value is -1.37. The van der Waals surface area contributed by atoms with Crippen molar-refractivity contribution in [2.24, 2.45) is 17.3 Å². The smallest absolute Gasteiger partial charge is 0.169 e. The summed E-state index contributed by atoms with van der Waals surface area (Å²) in [6.07, 6.45) is 11.4. The van der Waals surface area contributed by atoms with Crippen LogP contribution in [0.1, 0.15) is 54.1 Å². The number of fused-ring (bicyclic) bond motifs is 4. The average molecular weight is 266 g/mol. The molecule has 1 heteroatoms. The minimum atomic E-state index is -0.0444. The van der Waals surface area contributed by atoms with Crippen LogP contribution in [0.25, 0.3) is 0 Å². The molecule has 4 rings (SSSR count). The zero-order valence-corrected chi connectivity index (χ0v) is 12.2. The second-order valence-corrected chi connectivity index (χ2v) is 6.92. The summed E-state index contributed by atoms with van der Waals surface area (Å²) in [7, 11) is 0. The minimum absolute atomic E-state index is 0.0444. The number of aryl methyl sites for hydroxylation is 2. The molecule has 0 aromatic heterocycles. The standard InChI is InChI=1S/C19H22O/c1-2-3-13-4-6-15-8-9-19(18(20)17(15)11-13)12-14-5-7-16(19)10-14/h4-7,11,14,16H,2-3,8-10,12H2,1H3. The Balaban J connectivity index is 1.75. The second kappa shape index (κ2) is 4.31. The zero-order chi connectivity index (χ0) is 13.7. The van der Waals surface area contributed by atoms with Crippen molar-refractivity contribution >= 4 is 5.78 Å². The van der Waals surface area contributed by atoms with E-state index in [1.165, 1.54) is 17.5 Å². The summed E-state index contributed by atoms with van der Waals surface area (Å²) in [4.78, 5) is 13.2. The van der Waals surface area contributed by atoms with Gasteiger partial charge in [0.05, 0.1) is 0 Å². The highest BCUT2D eigenvalue weighted by atomic mass is 16.1. The van der Waals surface area contributed by atoms with Crippen molar-refractivity contribution in [3.05, 3.63) is 47.0 Å². The van der Waals surface area contributed by atoms with Crippen molar-refractivity contribution in [3.8, 4) is 0 Å². The minimum Gasteiger partial charge on any atom is -0.294 e. The quantitative estimate of drug-likeness (QED) is 0.727. The van der Waals surface area contributed by atoms with Crippen LogP contribution < -0.4 is 0 Å². The molecule has 104 valence electrons. The molecule has 0 radical (unpaired) electrons. The van der Waals surface area contributed by atoms with Gasteiger partial charge in [-0.3, -0.25) is 4.79 Å². The van der Waals surface area contributed by atoms with Gasteiger partial charge in [0.15, 0.2) is 5.78 Å². The van der Waals surface area contributed by atoms with E-state index in [2.05, 4.69) is 37.3 Å². The van der Waals surface area contributed by atoms with Crippen LogP contribution in [0, 0.1) is 17.3 Å². The van der Waals surface area contributed by atoms with Crippen LogP contribution in [-0.4, -0.2) is 5.78 Å². The van der Waals surface area contributed by atoms with E-state index in [0.717, 1.165) is 37.7 Å². The van der Waals surface area contributed by atoms with E-state index in [9.17, 15) is 4.79 Å². The molecule has 0 aliphatic heterocycles. The summed E-state index contributed by atoms with van der Waals surface area (Å²) in [6.45, 7) is 2.20. The summed E-state index contributed by atoms with van der Waals surface area (Å²) in [5.41, 5.74) is 3.61. The molecule has 0 heterocycles. The van der Waals surface area contributed by atoms with Crippen LogP contribution in [0.5, 0.6) is 0 Å². The third-order valence-corrected chi connectivity index (χ3v) is 5.76. The number of rotatable bonds is 2. The van der Waals surface area contributed by atoms with Gasteiger partial charge >= 0.3 is 0 Å². The molecule has 1 aromatic carbocycles. The first-order valence-electron chi connectivity index (χ1n) is 8.08. The average Bonchev–Trinajstić information content (AvgIpc) is 3.05. The van der Waals surface area contributed by atoms with Gasteiger partial charge < -0.3 is 0 Å². The van der Waals surface area contributed by atoms with E-state index >= 15 is 0 Å². The molecule has 20 heavy (non-hydrogen) atoms. The van der Waals surface area contributed by atoms with Crippen LogP contribution >= 0.6 is 0 Å². The highest BCUT2D eigenvalue weighted by Crippen LogP contribution is 2.57. The number of allylic oxidation sites excluding steroid dienone is 2. The lowest BCUT2D eigenvalue weighted by atomic mass is 9.63. The highest BCUT2D eigenvalue weighted by Gasteiger charge is 2.54. The predicted molar refractivity (Wildman–Crippen MR) is 80.9 cm³/mol. The molecule has 1 saturated carbocycles. The third kappa shape index (κ3) is 1.58. The van der Waals surface area contributed by atoms with Crippen molar-refractivity contribution in [1.82, 2.24) is 0 Å². The van der Waals surface area contributed by atoms with Crippen LogP contribution in [-0.2, 0) is 12.8 Å². The van der Waals surface area contributed by atoms with Crippen LogP contribution in [0.4, 0.5) is 0 Å². The SMILES string of the molecule is CCCc1ccc2c(c1)C(=O)C1(CC2)CC2C=CC1C2. The van der Waals surface area contributed by atoms with Crippen molar-refractivity contribution in [2.45, 2.75) is 45.4 Å². The van der Waals surface area contributed by atoms with E-state index < -0.39 is 0 Å². The van der Waals surface area contributed by atoms with Gasteiger partial charge in [-0.1, -0.05) is 37.6 Å². The van der Waals surface area contributed by atoms with Gasteiger partial charge in [0, 0.05) is 11.0 Å². The maximum Gasteiger partial charge on any atom is 0.169 e. The van der Waals surface area contributed by atoms with Crippen LogP contribution in [0.15, 0.2) is 30.4 Å². The van der Waals surface area contributed by atoms with E-state index in [1.807, 2.05) is 0 Å². The molecule has 0 saturated heterocycles.